The Morgan fingerprint density at radius 2 is 2.05 bits per heavy atom. The summed E-state index contributed by atoms with van der Waals surface area (Å²) in [5.74, 6) is 0.587. The molecule has 0 unspecified atom stereocenters. The first kappa shape index (κ1) is 16.2. The van der Waals surface area contributed by atoms with Crippen LogP contribution in [0, 0.1) is 5.92 Å². The van der Waals surface area contributed by atoms with Crippen LogP contribution in [0.3, 0.4) is 0 Å². The number of nitrogens with zero attached hydrogens (tertiary/aromatic N) is 2. The van der Waals surface area contributed by atoms with Crippen LogP contribution in [0.5, 0.6) is 0 Å². The third-order valence-corrected chi connectivity index (χ3v) is 5.35. The maximum Gasteiger partial charge on any atom is 0.154 e. The summed E-state index contributed by atoms with van der Waals surface area (Å²) in [6.45, 7) is 9.85. The smallest absolute Gasteiger partial charge is 0.154 e. The second kappa shape index (κ2) is 6.05. The molecule has 1 rings (SSSR count). The lowest BCUT2D eigenvalue weighted by Gasteiger charge is -2.24. The van der Waals surface area contributed by atoms with Gasteiger partial charge in [0.15, 0.2) is 9.84 Å². The lowest BCUT2D eigenvalue weighted by atomic mass is 10.2. The number of sulfone groups is 1. The van der Waals surface area contributed by atoms with Crippen molar-refractivity contribution in [3.63, 3.8) is 0 Å². The van der Waals surface area contributed by atoms with Crippen LogP contribution in [0.15, 0.2) is 12.5 Å². The predicted molar refractivity (Wildman–Crippen MR) is 77.7 cm³/mol. The van der Waals surface area contributed by atoms with E-state index in [4.69, 9.17) is 0 Å². The molecule has 110 valence electrons. The van der Waals surface area contributed by atoms with Crippen LogP contribution in [0.25, 0.3) is 0 Å². The molecule has 0 amide bonds. The number of hydrogen-bond acceptors (Lipinski definition) is 4. The van der Waals surface area contributed by atoms with Crippen molar-refractivity contribution >= 4 is 9.84 Å². The molecule has 1 aromatic rings. The van der Waals surface area contributed by atoms with Crippen LogP contribution in [-0.2, 0) is 22.9 Å². The first-order chi connectivity index (χ1) is 8.63. The van der Waals surface area contributed by atoms with Gasteiger partial charge in [0.1, 0.15) is 0 Å². The minimum absolute atomic E-state index is 0.421. The third kappa shape index (κ3) is 4.62. The Hall–Kier alpha value is -0.880. The van der Waals surface area contributed by atoms with Gasteiger partial charge < -0.3 is 9.88 Å². The summed E-state index contributed by atoms with van der Waals surface area (Å²) in [6, 6.07) is 0. The van der Waals surface area contributed by atoms with Crippen LogP contribution in [0.2, 0.25) is 0 Å². The number of hydrogen-bond donors (Lipinski definition) is 1. The molecule has 0 aliphatic rings. The molecule has 0 aromatic carbocycles. The predicted octanol–water partition coefficient (Wildman–Crippen LogP) is 1.45. The van der Waals surface area contributed by atoms with Gasteiger partial charge in [-0.3, -0.25) is 0 Å². The summed E-state index contributed by atoms with van der Waals surface area (Å²) in [5.41, 5.74) is 1.01. The highest BCUT2D eigenvalue weighted by atomic mass is 32.2. The average Bonchev–Trinajstić information content (AvgIpc) is 2.62. The van der Waals surface area contributed by atoms with E-state index in [1.807, 2.05) is 4.57 Å². The first-order valence-electron chi connectivity index (χ1n) is 6.53. The van der Waals surface area contributed by atoms with Crippen molar-refractivity contribution in [3.8, 4) is 0 Å². The van der Waals surface area contributed by atoms with Crippen molar-refractivity contribution in [1.82, 2.24) is 14.9 Å². The largest absolute Gasteiger partial charge is 0.332 e. The van der Waals surface area contributed by atoms with E-state index in [9.17, 15) is 8.42 Å². The van der Waals surface area contributed by atoms with E-state index in [1.165, 1.54) is 6.26 Å². The quantitative estimate of drug-likeness (QED) is 0.824. The van der Waals surface area contributed by atoms with Crippen molar-refractivity contribution in [2.45, 2.75) is 45.5 Å². The maximum absolute atomic E-state index is 11.7. The second-order valence-corrected chi connectivity index (χ2v) is 8.72. The summed E-state index contributed by atoms with van der Waals surface area (Å²) in [6.07, 6.45) is 4.76. The van der Waals surface area contributed by atoms with E-state index in [2.05, 4.69) is 24.1 Å². The molecule has 0 aliphatic carbocycles. The average molecular weight is 287 g/mol. The van der Waals surface area contributed by atoms with E-state index in [1.54, 1.807) is 26.4 Å². The van der Waals surface area contributed by atoms with Crippen molar-refractivity contribution in [3.05, 3.63) is 18.2 Å². The number of aromatic nitrogens is 2. The zero-order valence-corrected chi connectivity index (χ0v) is 13.3. The number of imidazole rings is 1. The summed E-state index contributed by atoms with van der Waals surface area (Å²) >= 11 is 0. The van der Waals surface area contributed by atoms with Gasteiger partial charge in [0.2, 0.25) is 0 Å². The van der Waals surface area contributed by atoms with Gasteiger partial charge in [-0.15, -0.1) is 0 Å². The molecule has 0 aliphatic heterocycles. The maximum atomic E-state index is 11.7. The number of rotatable bonds is 7. The van der Waals surface area contributed by atoms with E-state index in [0.29, 0.717) is 19.0 Å². The van der Waals surface area contributed by atoms with Crippen LogP contribution < -0.4 is 5.32 Å². The van der Waals surface area contributed by atoms with Crippen molar-refractivity contribution in [1.29, 1.82) is 0 Å². The lowest BCUT2D eigenvalue weighted by molar-refractivity contribution is 0.483. The van der Waals surface area contributed by atoms with Gasteiger partial charge in [0, 0.05) is 25.5 Å². The van der Waals surface area contributed by atoms with E-state index < -0.39 is 14.6 Å². The molecule has 0 saturated heterocycles. The van der Waals surface area contributed by atoms with Gasteiger partial charge in [-0.05, 0) is 26.3 Å². The highest BCUT2D eigenvalue weighted by molar-refractivity contribution is 7.92. The Labute approximate surface area is 116 Å². The molecule has 1 heterocycles. The molecular formula is C13H25N3O2S. The summed E-state index contributed by atoms with van der Waals surface area (Å²) in [5, 5.41) is 3.34. The molecule has 0 saturated carbocycles. The molecule has 1 aromatic heterocycles. The molecule has 6 heteroatoms. The van der Waals surface area contributed by atoms with Gasteiger partial charge in [0.25, 0.3) is 0 Å². The molecular weight excluding hydrogens is 262 g/mol. The fourth-order valence-corrected chi connectivity index (χ4v) is 2.03. The highest BCUT2D eigenvalue weighted by Gasteiger charge is 2.31. The topological polar surface area (TPSA) is 64.0 Å². The Kier molecular flexibility index (Phi) is 5.15. The monoisotopic (exact) mass is 287 g/mol. The zero-order valence-electron chi connectivity index (χ0n) is 12.5. The standard InChI is InChI=1S/C13H25N3O2S/c1-11(2)6-14-7-12-8-15-10-16(12)9-13(3,4)19(5,17)18/h8,10-11,14H,6-7,9H2,1-5H3. The normalized spacial score (nSPS) is 13.2. The van der Waals surface area contributed by atoms with E-state index in [0.717, 1.165) is 12.2 Å². The molecule has 1 N–H and O–H groups in total. The Bertz CT molecular complexity index is 504. The van der Waals surface area contributed by atoms with E-state index in [-0.39, 0.29) is 0 Å². The second-order valence-electron chi connectivity index (χ2n) is 6.07. The molecule has 5 nitrogen and oxygen atoms in total. The van der Waals surface area contributed by atoms with Crippen molar-refractivity contribution in [2.75, 3.05) is 12.8 Å². The van der Waals surface area contributed by atoms with E-state index >= 15 is 0 Å². The number of nitrogens with one attached hydrogen (secondary N) is 1. The zero-order chi connectivity index (χ0) is 14.7. The van der Waals surface area contributed by atoms with Gasteiger partial charge in [-0.25, -0.2) is 13.4 Å². The van der Waals surface area contributed by atoms with Gasteiger partial charge in [-0.2, -0.15) is 0 Å². The Morgan fingerprint density at radius 1 is 1.42 bits per heavy atom. The third-order valence-electron chi connectivity index (χ3n) is 3.21. The molecule has 0 spiro atoms. The first-order valence-corrected chi connectivity index (χ1v) is 8.42. The molecule has 0 radical (unpaired) electrons. The van der Waals surface area contributed by atoms with Crippen LogP contribution >= 0.6 is 0 Å². The molecule has 0 atom stereocenters. The summed E-state index contributed by atoms with van der Waals surface area (Å²) in [4.78, 5) is 4.11. The SMILES string of the molecule is CC(C)CNCc1cncn1CC(C)(C)S(C)(=O)=O. The Morgan fingerprint density at radius 3 is 2.58 bits per heavy atom. The minimum atomic E-state index is -3.10. The van der Waals surface area contributed by atoms with Crippen LogP contribution in [0.4, 0.5) is 0 Å². The fraction of sp³-hybridized carbons (Fsp3) is 0.769. The fourth-order valence-electron chi connectivity index (χ4n) is 1.65. The van der Waals surface area contributed by atoms with Gasteiger partial charge in [0.05, 0.1) is 16.8 Å². The summed E-state index contributed by atoms with van der Waals surface area (Å²) in [7, 11) is -3.10. The van der Waals surface area contributed by atoms with Gasteiger partial charge in [-0.1, -0.05) is 13.8 Å². The summed E-state index contributed by atoms with van der Waals surface area (Å²) < 4.78 is 24.6. The highest BCUT2D eigenvalue weighted by Crippen LogP contribution is 2.18. The molecule has 0 bridgehead atoms. The Balaban J connectivity index is 2.73. The molecule has 0 fully saturated rings. The lowest BCUT2D eigenvalue weighted by Crippen LogP contribution is -2.36. The van der Waals surface area contributed by atoms with Gasteiger partial charge >= 0.3 is 0 Å². The minimum Gasteiger partial charge on any atom is -0.332 e. The van der Waals surface area contributed by atoms with Crippen molar-refractivity contribution in [2.24, 2.45) is 5.92 Å². The van der Waals surface area contributed by atoms with Crippen molar-refractivity contribution < 1.29 is 8.42 Å². The van der Waals surface area contributed by atoms with Crippen LogP contribution in [-0.4, -0.2) is 35.5 Å². The molecule has 19 heavy (non-hydrogen) atoms. The van der Waals surface area contributed by atoms with Crippen LogP contribution in [0.1, 0.15) is 33.4 Å².